The second kappa shape index (κ2) is 43.8. The lowest BCUT2D eigenvalue weighted by Gasteiger charge is -2.25. The molecule has 0 aromatic heterocycles. The maximum atomic E-state index is 12.8. The quantitative estimate of drug-likeness (QED) is 0.0273. The Morgan fingerprint density at radius 3 is 1.32 bits per heavy atom. The van der Waals surface area contributed by atoms with Crippen molar-refractivity contribution in [2.45, 2.75) is 264 Å². The summed E-state index contributed by atoms with van der Waals surface area (Å²) in [5, 5.41) is 13.8. The molecule has 0 saturated carbocycles. The van der Waals surface area contributed by atoms with Gasteiger partial charge in [-0.3, -0.25) is 13.8 Å². The van der Waals surface area contributed by atoms with Crippen molar-refractivity contribution in [3.8, 4) is 0 Å². The van der Waals surface area contributed by atoms with E-state index in [0.717, 1.165) is 51.4 Å². The molecule has 0 aliphatic carbocycles. The van der Waals surface area contributed by atoms with Crippen molar-refractivity contribution in [3.63, 3.8) is 0 Å². The van der Waals surface area contributed by atoms with E-state index >= 15 is 0 Å². The molecular formula is C47H95N2O6P. The highest BCUT2D eigenvalue weighted by Gasteiger charge is 2.27. The number of nitrogens with two attached hydrogens (primary N) is 1. The third-order valence-corrected chi connectivity index (χ3v) is 12.1. The topological polar surface area (TPSA) is 131 Å². The van der Waals surface area contributed by atoms with Crippen molar-refractivity contribution in [3.05, 3.63) is 12.2 Å². The largest absolute Gasteiger partial charge is 0.472 e. The highest BCUT2D eigenvalue weighted by Crippen LogP contribution is 2.43. The molecule has 3 unspecified atom stereocenters. The van der Waals surface area contributed by atoms with Gasteiger partial charge in [-0.25, -0.2) is 4.57 Å². The number of carbonyl (C=O) groups excluding carboxylic acids is 1. The van der Waals surface area contributed by atoms with Crippen molar-refractivity contribution < 1.29 is 28.4 Å². The van der Waals surface area contributed by atoms with Gasteiger partial charge >= 0.3 is 7.82 Å². The molecule has 5 N–H and O–H groups in total. The predicted molar refractivity (Wildman–Crippen MR) is 240 cm³/mol. The van der Waals surface area contributed by atoms with Crippen LogP contribution >= 0.6 is 7.82 Å². The van der Waals surface area contributed by atoms with Crippen LogP contribution in [-0.2, 0) is 18.4 Å². The van der Waals surface area contributed by atoms with Crippen molar-refractivity contribution in [2.75, 3.05) is 19.8 Å². The predicted octanol–water partition coefficient (Wildman–Crippen LogP) is 14.0. The van der Waals surface area contributed by atoms with Crippen LogP contribution in [0.25, 0.3) is 0 Å². The standard InChI is InChI=1S/C47H95N2O6P/c1-3-5-7-9-11-13-15-17-19-21-22-23-24-25-26-28-30-32-34-36-38-40-46(50)45(44-55-56(52,53)54-43-42-48)49-47(51)41-39-37-35-33-31-29-27-20-18-16-14-12-10-8-6-4-2/h20,27,45-46,50H,3-19,21-26,28-44,48H2,1-2H3,(H,49,51)(H,52,53)/b27-20-. The van der Waals surface area contributed by atoms with E-state index in [0.29, 0.717) is 12.8 Å². The number of phosphoric ester groups is 1. The number of unbranched alkanes of at least 4 members (excludes halogenated alkanes) is 32. The second-order valence-corrected chi connectivity index (χ2v) is 18.1. The van der Waals surface area contributed by atoms with Gasteiger partial charge in [-0.15, -0.1) is 0 Å². The molecule has 0 bridgehead atoms. The molecule has 3 atom stereocenters. The Morgan fingerprint density at radius 2 is 0.929 bits per heavy atom. The van der Waals surface area contributed by atoms with Crippen molar-refractivity contribution in [2.24, 2.45) is 5.73 Å². The Morgan fingerprint density at radius 1 is 0.571 bits per heavy atom. The molecule has 0 aliphatic heterocycles. The van der Waals surface area contributed by atoms with Gasteiger partial charge in [0, 0.05) is 13.0 Å². The molecule has 1 amide bonds. The number of carbonyl (C=O) groups is 1. The number of aliphatic hydroxyl groups excluding tert-OH is 1. The van der Waals surface area contributed by atoms with Crippen LogP contribution in [0.5, 0.6) is 0 Å². The van der Waals surface area contributed by atoms with E-state index in [9.17, 15) is 19.4 Å². The molecule has 0 aromatic carbocycles. The SMILES string of the molecule is CCCCCCCCC/C=C\CCCCCCCC(=O)NC(COP(=O)(O)OCCN)C(O)CCCCCCCCCCCCCCCCCCCCCCC. The summed E-state index contributed by atoms with van der Waals surface area (Å²) in [5.41, 5.74) is 5.39. The first-order chi connectivity index (χ1) is 27.4. The summed E-state index contributed by atoms with van der Waals surface area (Å²) in [6.07, 6.45) is 49.4. The lowest BCUT2D eigenvalue weighted by Crippen LogP contribution is -2.46. The Kier molecular flexibility index (Phi) is 43.2. The van der Waals surface area contributed by atoms with Crippen molar-refractivity contribution in [1.29, 1.82) is 0 Å². The van der Waals surface area contributed by atoms with Gasteiger partial charge in [0.25, 0.3) is 0 Å². The molecule has 0 saturated heterocycles. The van der Waals surface area contributed by atoms with Gasteiger partial charge in [0.15, 0.2) is 0 Å². The number of amides is 1. The zero-order valence-corrected chi connectivity index (χ0v) is 38.0. The summed E-state index contributed by atoms with van der Waals surface area (Å²) < 4.78 is 22.2. The lowest BCUT2D eigenvalue weighted by atomic mass is 10.0. The number of rotatable bonds is 46. The number of allylic oxidation sites excluding steroid dienone is 2. The molecule has 0 radical (unpaired) electrons. The van der Waals surface area contributed by atoms with Crippen LogP contribution in [0.3, 0.4) is 0 Å². The minimum absolute atomic E-state index is 0.0895. The van der Waals surface area contributed by atoms with Gasteiger partial charge in [-0.05, 0) is 38.5 Å². The molecule has 0 fully saturated rings. The molecule has 334 valence electrons. The highest BCUT2D eigenvalue weighted by atomic mass is 31.2. The zero-order valence-electron chi connectivity index (χ0n) is 37.1. The van der Waals surface area contributed by atoms with Gasteiger partial charge in [-0.2, -0.15) is 0 Å². The maximum absolute atomic E-state index is 12.8. The fourth-order valence-corrected chi connectivity index (χ4v) is 8.19. The molecule has 0 aromatic rings. The van der Waals surface area contributed by atoms with E-state index in [1.807, 2.05) is 0 Å². The molecule has 56 heavy (non-hydrogen) atoms. The third-order valence-electron chi connectivity index (χ3n) is 11.1. The number of hydrogen-bond acceptors (Lipinski definition) is 6. The van der Waals surface area contributed by atoms with Crippen LogP contribution in [0.1, 0.15) is 251 Å². The van der Waals surface area contributed by atoms with Crippen LogP contribution in [-0.4, -0.2) is 47.8 Å². The average molecular weight is 815 g/mol. The lowest BCUT2D eigenvalue weighted by molar-refractivity contribution is -0.123. The molecule has 8 nitrogen and oxygen atoms in total. The Balaban J connectivity index is 4.06. The van der Waals surface area contributed by atoms with Gasteiger partial charge < -0.3 is 21.1 Å². The van der Waals surface area contributed by atoms with Crippen LogP contribution in [0.2, 0.25) is 0 Å². The first-order valence-electron chi connectivity index (χ1n) is 24.3. The Bertz CT molecular complexity index is 891. The monoisotopic (exact) mass is 815 g/mol. The van der Waals surface area contributed by atoms with E-state index in [1.165, 1.54) is 173 Å². The minimum Gasteiger partial charge on any atom is -0.391 e. The first-order valence-corrected chi connectivity index (χ1v) is 25.8. The fraction of sp³-hybridized carbons (Fsp3) is 0.936. The van der Waals surface area contributed by atoms with Gasteiger partial charge in [0.1, 0.15) is 0 Å². The summed E-state index contributed by atoms with van der Waals surface area (Å²) in [4.78, 5) is 22.8. The van der Waals surface area contributed by atoms with Crippen LogP contribution in [0.4, 0.5) is 0 Å². The second-order valence-electron chi connectivity index (χ2n) is 16.7. The molecule has 9 heteroatoms. The summed E-state index contributed by atoms with van der Waals surface area (Å²) in [6, 6.07) is -0.776. The van der Waals surface area contributed by atoms with Gasteiger partial charge in [0.05, 0.1) is 25.4 Å². The van der Waals surface area contributed by atoms with E-state index in [-0.39, 0.29) is 25.7 Å². The van der Waals surface area contributed by atoms with E-state index < -0.39 is 20.0 Å². The third kappa shape index (κ3) is 41.4. The van der Waals surface area contributed by atoms with Crippen molar-refractivity contribution in [1.82, 2.24) is 5.32 Å². The van der Waals surface area contributed by atoms with Gasteiger partial charge in [-0.1, -0.05) is 219 Å². The van der Waals surface area contributed by atoms with Crippen LogP contribution in [0, 0.1) is 0 Å². The molecule has 0 aliphatic rings. The fourth-order valence-electron chi connectivity index (χ4n) is 7.43. The number of phosphoric acid groups is 1. The smallest absolute Gasteiger partial charge is 0.391 e. The molecule has 0 rings (SSSR count). The van der Waals surface area contributed by atoms with E-state index in [2.05, 4.69) is 31.3 Å². The maximum Gasteiger partial charge on any atom is 0.472 e. The summed E-state index contributed by atoms with van der Waals surface area (Å²) in [6.45, 7) is 4.23. The zero-order chi connectivity index (χ0) is 41.1. The summed E-state index contributed by atoms with van der Waals surface area (Å²) in [7, 11) is -4.32. The molecule has 0 spiro atoms. The average Bonchev–Trinajstić information content (AvgIpc) is 3.19. The van der Waals surface area contributed by atoms with Gasteiger partial charge in [0.2, 0.25) is 5.91 Å². The first kappa shape index (κ1) is 55.2. The number of hydrogen-bond donors (Lipinski definition) is 4. The van der Waals surface area contributed by atoms with Crippen LogP contribution in [0.15, 0.2) is 12.2 Å². The number of aliphatic hydroxyl groups is 1. The van der Waals surface area contributed by atoms with E-state index in [4.69, 9.17) is 14.8 Å². The number of nitrogens with one attached hydrogen (secondary N) is 1. The summed E-state index contributed by atoms with van der Waals surface area (Å²) >= 11 is 0. The highest BCUT2D eigenvalue weighted by molar-refractivity contribution is 7.47. The Labute approximate surface area is 347 Å². The van der Waals surface area contributed by atoms with Crippen molar-refractivity contribution >= 4 is 13.7 Å². The normalized spacial score (nSPS) is 14.0. The van der Waals surface area contributed by atoms with Crippen LogP contribution < -0.4 is 11.1 Å². The molecular weight excluding hydrogens is 719 g/mol. The van der Waals surface area contributed by atoms with E-state index in [1.54, 1.807) is 0 Å². The Hall–Kier alpha value is -0.760. The summed E-state index contributed by atoms with van der Waals surface area (Å²) in [5.74, 6) is -0.166. The molecule has 0 heterocycles. The minimum atomic E-state index is -4.32.